The summed E-state index contributed by atoms with van der Waals surface area (Å²) < 4.78 is 16.1. The van der Waals surface area contributed by atoms with E-state index in [-0.39, 0.29) is 17.7 Å². The molecule has 0 saturated carbocycles. The molecule has 1 N–H and O–H groups in total. The minimum Gasteiger partial charge on any atom is -0.335 e. The van der Waals surface area contributed by atoms with Crippen molar-refractivity contribution >= 4 is 23.2 Å². The number of rotatable bonds is 5. The van der Waals surface area contributed by atoms with Crippen LogP contribution in [0, 0.1) is 5.92 Å². The summed E-state index contributed by atoms with van der Waals surface area (Å²) in [5.74, 6) is 0.146. The molecule has 2 atom stereocenters. The third-order valence-corrected chi connectivity index (χ3v) is 6.99. The molecule has 35 heavy (non-hydrogen) atoms. The molecule has 2 aromatic rings. The molecular weight excluding hydrogens is 447 g/mol. The van der Waals surface area contributed by atoms with Gasteiger partial charge in [-0.2, -0.15) is 5.10 Å². The smallest absolute Gasteiger partial charge is 0.239 e. The van der Waals surface area contributed by atoms with Gasteiger partial charge in [0, 0.05) is 31.1 Å². The van der Waals surface area contributed by atoms with Gasteiger partial charge in [-0.15, -0.1) is 0 Å². The summed E-state index contributed by atoms with van der Waals surface area (Å²) in [6.45, 7) is 7.28. The highest BCUT2D eigenvalue weighted by atomic mass is 19.1. The molecule has 1 saturated heterocycles. The Morgan fingerprint density at radius 1 is 1.20 bits per heavy atom. The molecule has 2 unspecified atom stereocenters. The second-order valence-electron chi connectivity index (χ2n) is 9.58. The standard InChI is InChI=1S/C26H31FN6O2/c1-17-13-20(5-6-21(17)27)26-25(22-15-32(18(2)34)11-12-33(22)30-26)19-7-8-28-23(14-19)29-24(35)16-31-9-3-4-10-31/h5-8,13-14,17,21H,3-4,9-12,15-16H2,1-2H3,(H,28,29,35). The van der Waals surface area contributed by atoms with Crippen molar-refractivity contribution in [2.45, 2.75) is 46.0 Å². The van der Waals surface area contributed by atoms with Crippen LogP contribution in [0.5, 0.6) is 0 Å². The Labute approximate surface area is 204 Å². The Morgan fingerprint density at radius 2 is 2.00 bits per heavy atom. The summed E-state index contributed by atoms with van der Waals surface area (Å²) >= 11 is 0. The Balaban J connectivity index is 1.51. The number of hydrogen-bond acceptors (Lipinski definition) is 5. The lowest BCUT2D eigenvalue weighted by atomic mass is 9.91. The lowest BCUT2D eigenvalue weighted by Crippen LogP contribution is -2.37. The quantitative estimate of drug-likeness (QED) is 0.713. The maximum Gasteiger partial charge on any atom is 0.239 e. The Bertz CT molecular complexity index is 1200. The SMILES string of the molecule is CC(=O)N1CCn2nc(C3=CC(C)C(F)C=C3)c(-c3ccnc(NC(=O)CN4CCCC4)c3)c2C1. The summed E-state index contributed by atoms with van der Waals surface area (Å²) in [7, 11) is 0. The van der Waals surface area contributed by atoms with Crippen LogP contribution >= 0.6 is 0 Å². The van der Waals surface area contributed by atoms with Crippen molar-refractivity contribution in [3.8, 4) is 11.1 Å². The number of nitrogens with one attached hydrogen (secondary N) is 1. The zero-order valence-corrected chi connectivity index (χ0v) is 20.2. The summed E-state index contributed by atoms with van der Waals surface area (Å²) in [5, 5.41) is 7.81. The van der Waals surface area contributed by atoms with Gasteiger partial charge in [0.15, 0.2) is 0 Å². The molecule has 2 aliphatic heterocycles. The lowest BCUT2D eigenvalue weighted by Gasteiger charge is -2.27. The number of carbonyl (C=O) groups excluding carboxylic acids is 2. The van der Waals surface area contributed by atoms with Crippen LogP contribution in [0.4, 0.5) is 10.2 Å². The molecule has 0 aromatic carbocycles. The van der Waals surface area contributed by atoms with Gasteiger partial charge in [0.25, 0.3) is 0 Å². The van der Waals surface area contributed by atoms with Crippen LogP contribution in [0.1, 0.15) is 38.1 Å². The van der Waals surface area contributed by atoms with Crippen molar-refractivity contribution in [3.05, 3.63) is 47.9 Å². The first-order valence-corrected chi connectivity index (χ1v) is 12.3. The Morgan fingerprint density at radius 3 is 2.74 bits per heavy atom. The van der Waals surface area contributed by atoms with Crippen LogP contribution in [0.3, 0.4) is 0 Å². The van der Waals surface area contributed by atoms with Gasteiger partial charge in [-0.1, -0.05) is 19.1 Å². The van der Waals surface area contributed by atoms with Crippen molar-refractivity contribution in [1.82, 2.24) is 24.6 Å². The molecule has 5 rings (SSSR count). The van der Waals surface area contributed by atoms with Crippen LogP contribution in [0.2, 0.25) is 0 Å². The van der Waals surface area contributed by atoms with Crippen molar-refractivity contribution < 1.29 is 14.0 Å². The maximum absolute atomic E-state index is 14.1. The fourth-order valence-electron chi connectivity index (χ4n) is 5.03. The maximum atomic E-state index is 14.1. The molecule has 184 valence electrons. The molecule has 1 aliphatic carbocycles. The molecule has 0 spiro atoms. The van der Waals surface area contributed by atoms with E-state index in [2.05, 4.69) is 15.2 Å². The van der Waals surface area contributed by atoms with Gasteiger partial charge in [0.05, 0.1) is 25.3 Å². The van der Waals surface area contributed by atoms with E-state index in [0.717, 1.165) is 54.0 Å². The van der Waals surface area contributed by atoms with E-state index in [0.29, 0.717) is 32.0 Å². The zero-order chi connectivity index (χ0) is 24.5. The van der Waals surface area contributed by atoms with E-state index < -0.39 is 6.17 Å². The van der Waals surface area contributed by atoms with Crippen LogP contribution in [0.25, 0.3) is 16.7 Å². The fourth-order valence-corrected chi connectivity index (χ4v) is 5.03. The van der Waals surface area contributed by atoms with Gasteiger partial charge < -0.3 is 10.2 Å². The van der Waals surface area contributed by atoms with Crippen LogP contribution < -0.4 is 5.32 Å². The minimum absolute atomic E-state index is 0.0141. The first kappa shape index (κ1) is 23.4. The fraction of sp³-hybridized carbons (Fsp3) is 0.462. The van der Waals surface area contributed by atoms with Crippen LogP contribution in [-0.2, 0) is 22.7 Å². The van der Waals surface area contributed by atoms with Gasteiger partial charge in [-0.25, -0.2) is 9.37 Å². The molecule has 1 fully saturated rings. The van der Waals surface area contributed by atoms with Gasteiger partial charge in [-0.3, -0.25) is 19.2 Å². The zero-order valence-electron chi connectivity index (χ0n) is 20.2. The third kappa shape index (κ3) is 4.91. The van der Waals surface area contributed by atoms with Crippen molar-refractivity contribution in [1.29, 1.82) is 0 Å². The number of allylic oxidation sites excluding steroid dienone is 4. The molecule has 0 bridgehead atoms. The average molecular weight is 479 g/mol. The molecule has 2 aromatic heterocycles. The predicted molar refractivity (Wildman–Crippen MR) is 132 cm³/mol. The number of alkyl halides is 1. The number of pyridine rings is 1. The molecule has 4 heterocycles. The van der Waals surface area contributed by atoms with E-state index in [4.69, 9.17) is 5.10 Å². The Kier molecular flexibility index (Phi) is 6.51. The van der Waals surface area contributed by atoms with Crippen molar-refractivity contribution in [3.63, 3.8) is 0 Å². The first-order valence-electron chi connectivity index (χ1n) is 12.3. The number of hydrogen-bond donors (Lipinski definition) is 1. The molecule has 9 heteroatoms. The Hall–Kier alpha value is -3.33. The number of carbonyl (C=O) groups is 2. The molecule has 3 aliphatic rings. The van der Waals surface area contributed by atoms with Crippen molar-refractivity contribution in [2.75, 3.05) is 31.5 Å². The van der Waals surface area contributed by atoms with E-state index >= 15 is 0 Å². The van der Waals surface area contributed by atoms with E-state index in [1.165, 1.54) is 0 Å². The monoisotopic (exact) mass is 478 g/mol. The van der Waals surface area contributed by atoms with E-state index in [9.17, 15) is 14.0 Å². The van der Waals surface area contributed by atoms with Crippen LogP contribution in [-0.4, -0.2) is 68.7 Å². The highest BCUT2D eigenvalue weighted by Gasteiger charge is 2.29. The number of anilines is 1. The van der Waals surface area contributed by atoms with Gasteiger partial charge in [0.1, 0.15) is 17.7 Å². The number of aromatic nitrogens is 3. The largest absolute Gasteiger partial charge is 0.335 e. The number of halogens is 1. The highest BCUT2D eigenvalue weighted by Crippen LogP contribution is 2.37. The van der Waals surface area contributed by atoms with Gasteiger partial charge in [0.2, 0.25) is 11.8 Å². The van der Waals surface area contributed by atoms with E-state index in [1.807, 2.05) is 29.8 Å². The molecule has 8 nitrogen and oxygen atoms in total. The first-order chi connectivity index (χ1) is 16.9. The second-order valence-corrected chi connectivity index (χ2v) is 9.58. The minimum atomic E-state index is -1.02. The predicted octanol–water partition coefficient (Wildman–Crippen LogP) is 3.27. The topological polar surface area (TPSA) is 83.4 Å². The van der Waals surface area contributed by atoms with Crippen molar-refractivity contribution in [2.24, 2.45) is 5.92 Å². The summed E-state index contributed by atoms with van der Waals surface area (Å²) in [6.07, 6.45) is 8.16. The van der Waals surface area contributed by atoms with Gasteiger partial charge in [-0.05, 0) is 55.3 Å². The highest BCUT2D eigenvalue weighted by molar-refractivity contribution is 5.93. The van der Waals surface area contributed by atoms with E-state index in [1.54, 1.807) is 30.2 Å². The molecule has 2 amide bonds. The lowest BCUT2D eigenvalue weighted by molar-refractivity contribution is -0.130. The summed E-state index contributed by atoms with van der Waals surface area (Å²) in [5.41, 5.74) is 4.26. The third-order valence-electron chi connectivity index (χ3n) is 6.99. The number of amides is 2. The normalized spacial score (nSPS) is 22.1. The molecule has 0 radical (unpaired) electrons. The van der Waals surface area contributed by atoms with Crippen LogP contribution in [0.15, 0.2) is 36.6 Å². The number of nitrogens with zero attached hydrogens (tertiary/aromatic N) is 5. The molecular formula is C26H31FN6O2. The van der Waals surface area contributed by atoms with Gasteiger partial charge >= 0.3 is 0 Å². The number of likely N-dealkylation sites (tertiary alicyclic amines) is 1. The second kappa shape index (κ2) is 9.73. The summed E-state index contributed by atoms with van der Waals surface area (Å²) in [4.78, 5) is 33.0. The summed E-state index contributed by atoms with van der Waals surface area (Å²) in [6, 6.07) is 3.74. The number of fused-ring (bicyclic) bond motifs is 1. The average Bonchev–Trinajstić information content (AvgIpc) is 3.48.